The van der Waals surface area contributed by atoms with E-state index >= 15 is 0 Å². The predicted molar refractivity (Wildman–Crippen MR) is 91.9 cm³/mol. The van der Waals surface area contributed by atoms with Gasteiger partial charge in [-0.3, -0.25) is 5.41 Å². The number of hydrogen-bond donors (Lipinski definition) is 3. The van der Waals surface area contributed by atoms with Crippen molar-refractivity contribution >= 4 is 22.4 Å². The lowest BCUT2D eigenvalue weighted by Gasteiger charge is -2.25. The number of hydrogen-bond acceptors (Lipinski definition) is 4. The number of fused-ring (bicyclic) bond motifs is 1. The Bertz CT molecular complexity index is 891. The van der Waals surface area contributed by atoms with Crippen molar-refractivity contribution in [3.05, 3.63) is 60.0 Å². The summed E-state index contributed by atoms with van der Waals surface area (Å²) in [5.41, 5.74) is 2.18. The fraction of sp³-hybridized carbons (Fsp3) is 0.222. The van der Waals surface area contributed by atoms with Crippen LogP contribution in [0.1, 0.15) is 18.5 Å². The highest BCUT2D eigenvalue weighted by molar-refractivity contribution is 6.23. The second-order valence-electron chi connectivity index (χ2n) is 6.03. The SMILES string of the molecule is C[C@@H](Cc1ccco1)N1CC(O)=C(c2nc3ccccc3[nH]2)C1=N. The molecule has 0 fully saturated rings. The molecule has 0 aliphatic carbocycles. The summed E-state index contributed by atoms with van der Waals surface area (Å²) in [6.45, 7) is 2.33. The Morgan fingerprint density at radius 2 is 2.17 bits per heavy atom. The van der Waals surface area contributed by atoms with Gasteiger partial charge in [-0.05, 0) is 31.2 Å². The highest BCUT2D eigenvalue weighted by Crippen LogP contribution is 2.29. The monoisotopic (exact) mass is 322 g/mol. The molecule has 0 spiro atoms. The molecule has 3 aromatic rings. The van der Waals surface area contributed by atoms with E-state index in [1.807, 2.05) is 48.2 Å². The molecule has 3 heterocycles. The van der Waals surface area contributed by atoms with Gasteiger partial charge >= 0.3 is 0 Å². The average Bonchev–Trinajstić information content (AvgIpc) is 3.26. The lowest BCUT2D eigenvalue weighted by Crippen LogP contribution is -2.36. The zero-order valence-electron chi connectivity index (χ0n) is 13.3. The van der Waals surface area contributed by atoms with E-state index in [9.17, 15) is 5.11 Å². The first-order valence-electron chi connectivity index (χ1n) is 7.88. The van der Waals surface area contributed by atoms with Gasteiger partial charge in [0.2, 0.25) is 0 Å². The van der Waals surface area contributed by atoms with E-state index in [0.717, 1.165) is 16.8 Å². The molecule has 4 rings (SSSR count). The van der Waals surface area contributed by atoms with E-state index in [2.05, 4.69) is 9.97 Å². The van der Waals surface area contributed by atoms with Crippen molar-refractivity contribution in [1.29, 1.82) is 5.41 Å². The van der Waals surface area contributed by atoms with Crippen molar-refractivity contribution in [2.45, 2.75) is 19.4 Å². The Labute approximate surface area is 138 Å². The third-order valence-electron chi connectivity index (χ3n) is 4.37. The van der Waals surface area contributed by atoms with E-state index in [-0.39, 0.29) is 17.6 Å². The van der Waals surface area contributed by atoms with E-state index in [1.165, 1.54) is 0 Å². The second-order valence-corrected chi connectivity index (χ2v) is 6.03. The summed E-state index contributed by atoms with van der Waals surface area (Å²) in [4.78, 5) is 9.56. The van der Waals surface area contributed by atoms with Gasteiger partial charge in [-0.15, -0.1) is 0 Å². The minimum absolute atomic E-state index is 0.0349. The van der Waals surface area contributed by atoms with Crippen molar-refractivity contribution < 1.29 is 9.52 Å². The molecule has 3 N–H and O–H groups in total. The van der Waals surface area contributed by atoms with Gasteiger partial charge in [0, 0.05) is 12.5 Å². The maximum Gasteiger partial charge on any atom is 0.145 e. The number of rotatable bonds is 4. The Morgan fingerprint density at radius 1 is 1.33 bits per heavy atom. The van der Waals surface area contributed by atoms with Gasteiger partial charge in [-0.25, -0.2) is 4.98 Å². The van der Waals surface area contributed by atoms with Gasteiger partial charge in [0.15, 0.2) is 0 Å². The van der Waals surface area contributed by atoms with Crippen molar-refractivity contribution in [3.8, 4) is 0 Å². The number of furan rings is 1. The summed E-state index contributed by atoms with van der Waals surface area (Å²) in [5, 5.41) is 18.9. The van der Waals surface area contributed by atoms with Gasteiger partial charge in [0.1, 0.15) is 23.2 Å². The molecule has 0 bridgehead atoms. The number of aromatic nitrogens is 2. The van der Waals surface area contributed by atoms with E-state index in [0.29, 0.717) is 24.4 Å². The standard InChI is InChI=1S/C18H18N4O2/c1-11(9-12-5-4-8-24-12)22-10-15(23)16(17(22)19)18-20-13-6-2-3-7-14(13)21-18/h2-8,11,19,23H,9-10H2,1H3,(H,20,21)/t11-/m0/s1. The first kappa shape index (κ1) is 14.6. The van der Waals surface area contributed by atoms with Gasteiger partial charge in [0.25, 0.3) is 0 Å². The van der Waals surface area contributed by atoms with Crippen LogP contribution in [0, 0.1) is 5.41 Å². The molecule has 6 nitrogen and oxygen atoms in total. The van der Waals surface area contributed by atoms with Crippen LogP contribution in [0.3, 0.4) is 0 Å². The highest BCUT2D eigenvalue weighted by Gasteiger charge is 2.33. The predicted octanol–water partition coefficient (Wildman–Crippen LogP) is 3.35. The zero-order valence-corrected chi connectivity index (χ0v) is 13.3. The lowest BCUT2D eigenvalue weighted by molar-refractivity contribution is 0.295. The minimum atomic E-state index is 0.0349. The number of amidine groups is 1. The van der Waals surface area contributed by atoms with Crippen LogP contribution in [-0.2, 0) is 6.42 Å². The minimum Gasteiger partial charge on any atom is -0.510 e. The van der Waals surface area contributed by atoms with E-state index < -0.39 is 0 Å². The molecule has 24 heavy (non-hydrogen) atoms. The molecule has 0 amide bonds. The molecule has 6 heteroatoms. The molecule has 122 valence electrons. The van der Waals surface area contributed by atoms with Crippen LogP contribution >= 0.6 is 0 Å². The summed E-state index contributed by atoms with van der Waals surface area (Å²) in [6, 6.07) is 11.5. The average molecular weight is 322 g/mol. The van der Waals surface area contributed by atoms with Crippen LogP contribution in [0.4, 0.5) is 0 Å². The zero-order chi connectivity index (χ0) is 16.7. The Balaban J connectivity index is 1.60. The topological polar surface area (TPSA) is 89.1 Å². The van der Waals surface area contributed by atoms with E-state index in [4.69, 9.17) is 9.83 Å². The molecule has 2 aromatic heterocycles. The van der Waals surface area contributed by atoms with Gasteiger partial charge in [0.05, 0.1) is 29.4 Å². The molecule has 0 radical (unpaired) electrons. The summed E-state index contributed by atoms with van der Waals surface area (Å²) in [7, 11) is 0. The van der Waals surface area contributed by atoms with Crippen molar-refractivity contribution in [1.82, 2.24) is 14.9 Å². The molecule has 0 saturated heterocycles. The number of aliphatic hydroxyl groups excluding tert-OH is 1. The second kappa shape index (κ2) is 5.56. The first-order chi connectivity index (χ1) is 11.6. The summed E-state index contributed by atoms with van der Waals surface area (Å²) in [5.74, 6) is 1.86. The number of aliphatic hydroxyl groups is 1. The van der Waals surface area contributed by atoms with Crippen LogP contribution in [0.2, 0.25) is 0 Å². The molecule has 1 atom stereocenters. The van der Waals surface area contributed by atoms with E-state index in [1.54, 1.807) is 6.26 Å². The highest BCUT2D eigenvalue weighted by atomic mass is 16.3. The molecule has 1 aliphatic rings. The Hall–Kier alpha value is -3.02. The largest absolute Gasteiger partial charge is 0.510 e. The molecule has 1 aliphatic heterocycles. The Morgan fingerprint density at radius 3 is 2.92 bits per heavy atom. The van der Waals surface area contributed by atoms with Crippen LogP contribution in [0.15, 0.2) is 52.8 Å². The quantitative estimate of drug-likeness (QED) is 0.687. The third-order valence-corrected chi connectivity index (χ3v) is 4.37. The maximum atomic E-state index is 10.4. The fourth-order valence-corrected chi connectivity index (χ4v) is 3.13. The van der Waals surface area contributed by atoms with Crippen LogP contribution in [0.25, 0.3) is 16.6 Å². The normalized spacial score (nSPS) is 16.4. The number of nitrogens with zero attached hydrogens (tertiary/aromatic N) is 2. The van der Waals surface area contributed by atoms with Gasteiger partial charge in [-0.1, -0.05) is 12.1 Å². The van der Waals surface area contributed by atoms with Gasteiger partial charge in [-0.2, -0.15) is 0 Å². The summed E-state index contributed by atoms with van der Waals surface area (Å²) < 4.78 is 5.39. The summed E-state index contributed by atoms with van der Waals surface area (Å²) in [6.07, 6.45) is 2.32. The van der Waals surface area contributed by atoms with Crippen LogP contribution < -0.4 is 0 Å². The number of imidazole rings is 1. The Kier molecular flexibility index (Phi) is 3.37. The maximum absolute atomic E-state index is 10.4. The number of para-hydroxylation sites is 2. The number of benzene rings is 1. The molecule has 0 unspecified atom stereocenters. The van der Waals surface area contributed by atoms with Crippen molar-refractivity contribution in [2.75, 3.05) is 6.54 Å². The smallest absolute Gasteiger partial charge is 0.145 e. The molecule has 1 aromatic carbocycles. The first-order valence-corrected chi connectivity index (χ1v) is 7.88. The number of nitrogens with one attached hydrogen (secondary N) is 2. The molecular weight excluding hydrogens is 304 g/mol. The molecule has 0 saturated carbocycles. The summed E-state index contributed by atoms with van der Waals surface area (Å²) >= 11 is 0. The third kappa shape index (κ3) is 2.36. The lowest BCUT2D eigenvalue weighted by atomic mass is 10.1. The van der Waals surface area contributed by atoms with Crippen molar-refractivity contribution in [3.63, 3.8) is 0 Å². The number of H-pyrrole nitrogens is 1. The van der Waals surface area contributed by atoms with Crippen molar-refractivity contribution in [2.24, 2.45) is 0 Å². The number of aromatic amines is 1. The van der Waals surface area contributed by atoms with Gasteiger partial charge < -0.3 is 19.4 Å². The fourth-order valence-electron chi connectivity index (χ4n) is 3.13. The molecular formula is C18H18N4O2. The van der Waals surface area contributed by atoms with Crippen LogP contribution in [-0.4, -0.2) is 38.4 Å². The van der Waals surface area contributed by atoms with Crippen LogP contribution in [0.5, 0.6) is 0 Å².